The highest BCUT2D eigenvalue weighted by Gasteiger charge is 2.60. The number of halogens is 2. The third-order valence-electron chi connectivity index (χ3n) is 7.35. The van der Waals surface area contributed by atoms with Crippen LogP contribution in [0.25, 0.3) is 0 Å². The predicted molar refractivity (Wildman–Crippen MR) is 124 cm³/mol. The highest BCUT2D eigenvalue weighted by molar-refractivity contribution is 7.97. The fourth-order valence-electron chi connectivity index (χ4n) is 5.91. The molecule has 0 radical (unpaired) electrons. The van der Waals surface area contributed by atoms with Crippen molar-refractivity contribution in [3.05, 3.63) is 35.9 Å². The SMILES string of the molecule is O=C(C[S+]1CCCC1)c1ccccc1.O=C1C2CC3CC1CC(OC(=O)C(F)(F)S(=O)(=O)[O-])(C3)C2. The van der Waals surface area contributed by atoms with Gasteiger partial charge in [0.1, 0.15) is 22.9 Å². The number of benzene rings is 1. The zero-order valence-electron chi connectivity index (χ0n) is 19.1. The monoisotopic (exact) mass is 530 g/mol. The van der Waals surface area contributed by atoms with E-state index in [0.29, 0.717) is 35.9 Å². The molecule has 1 aromatic carbocycles. The van der Waals surface area contributed by atoms with Gasteiger partial charge in [0.25, 0.3) is 0 Å². The highest BCUT2D eigenvalue weighted by atomic mass is 32.2. The molecule has 11 heteroatoms. The maximum absolute atomic E-state index is 13.2. The summed E-state index contributed by atoms with van der Waals surface area (Å²) in [5.41, 5.74) is -0.345. The van der Waals surface area contributed by atoms with Gasteiger partial charge in [0.2, 0.25) is 5.78 Å². The number of ketones is 2. The average Bonchev–Trinajstić information content (AvgIpc) is 3.30. The molecule has 4 aliphatic carbocycles. The number of carbonyl (C=O) groups is 3. The van der Waals surface area contributed by atoms with Gasteiger partial charge in [-0.3, -0.25) is 9.59 Å². The summed E-state index contributed by atoms with van der Waals surface area (Å²) >= 11 is 0. The van der Waals surface area contributed by atoms with Crippen molar-refractivity contribution in [2.45, 2.75) is 55.8 Å². The Labute approximate surface area is 206 Å². The molecule has 7 nitrogen and oxygen atoms in total. The van der Waals surface area contributed by atoms with Gasteiger partial charge in [-0.25, -0.2) is 13.2 Å². The lowest BCUT2D eigenvalue weighted by Gasteiger charge is -2.54. The van der Waals surface area contributed by atoms with Crippen molar-refractivity contribution in [2.24, 2.45) is 17.8 Å². The van der Waals surface area contributed by atoms with Crippen molar-refractivity contribution >= 4 is 38.5 Å². The molecule has 4 bridgehead atoms. The van der Waals surface area contributed by atoms with Crippen molar-refractivity contribution in [1.29, 1.82) is 0 Å². The maximum Gasteiger partial charge on any atom is 0.428 e. The normalized spacial score (nSPS) is 30.0. The van der Waals surface area contributed by atoms with Crippen LogP contribution in [-0.4, -0.2) is 58.6 Å². The van der Waals surface area contributed by atoms with E-state index in [9.17, 15) is 36.1 Å². The zero-order chi connectivity index (χ0) is 25.4. The molecule has 1 heterocycles. The smallest absolute Gasteiger partial charge is 0.428 e. The van der Waals surface area contributed by atoms with Crippen molar-refractivity contribution in [3.8, 4) is 0 Å². The zero-order valence-corrected chi connectivity index (χ0v) is 20.8. The Kier molecular flexibility index (Phi) is 7.41. The van der Waals surface area contributed by atoms with Gasteiger partial charge >= 0.3 is 11.2 Å². The number of esters is 1. The van der Waals surface area contributed by atoms with E-state index in [1.54, 1.807) is 0 Å². The standard InChI is InChI=1S/C12H14F2O6S.C12H15OS/c13-12(14,21(17,18)19)10(16)20-11-3-6-1-7(4-11)9(15)8(2-6)5-11;13-12(10-14-8-4-5-9-14)11-6-2-1-3-7-11/h6-8H,1-5H2,(H,17,18,19);1-3,6-7H,4-5,8-10H2/q;+1/p-1. The maximum atomic E-state index is 13.2. The number of carbonyl (C=O) groups excluding carboxylic acids is 3. The van der Waals surface area contributed by atoms with Crippen LogP contribution in [0.4, 0.5) is 8.78 Å². The summed E-state index contributed by atoms with van der Waals surface area (Å²) in [6, 6.07) is 9.66. The summed E-state index contributed by atoms with van der Waals surface area (Å²) < 4.78 is 62.7. The van der Waals surface area contributed by atoms with E-state index in [1.807, 2.05) is 30.3 Å². The van der Waals surface area contributed by atoms with Crippen LogP contribution in [0.1, 0.15) is 55.3 Å². The van der Waals surface area contributed by atoms with Crippen LogP contribution in [0.3, 0.4) is 0 Å². The minimum atomic E-state index is -6.12. The number of rotatable bonds is 6. The molecule has 5 fully saturated rings. The van der Waals surface area contributed by atoms with Gasteiger partial charge in [0.15, 0.2) is 15.9 Å². The van der Waals surface area contributed by atoms with Crippen LogP contribution in [0.15, 0.2) is 30.3 Å². The van der Waals surface area contributed by atoms with Gasteiger partial charge < -0.3 is 9.29 Å². The Balaban J connectivity index is 0.000000179. The number of hydrogen-bond donors (Lipinski definition) is 0. The molecule has 1 saturated heterocycles. The average molecular weight is 531 g/mol. The fraction of sp³-hybridized carbons (Fsp3) is 0.625. The molecule has 0 aromatic heterocycles. The molecule has 2 unspecified atom stereocenters. The molecule has 6 rings (SSSR count). The van der Waals surface area contributed by atoms with Crippen LogP contribution in [0.5, 0.6) is 0 Å². The molecule has 0 amide bonds. The summed E-state index contributed by atoms with van der Waals surface area (Å²) in [7, 11) is -5.73. The van der Waals surface area contributed by atoms with Crippen LogP contribution >= 0.6 is 0 Å². The van der Waals surface area contributed by atoms with Crippen LogP contribution in [0.2, 0.25) is 0 Å². The van der Waals surface area contributed by atoms with E-state index < -0.39 is 26.9 Å². The van der Waals surface area contributed by atoms with Crippen molar-refractivity contribution in [3.63, 3.8) is 0 Å². The number of hydrogen-bond acceptors (Lipinski definition) is 7. The summed E-state index contributed by atoms with van der Waals surface area (Å²) in [4.78, 5) is 35.2. The van der Waals surface area contributed by atoms with E-state index >= 15 is 0 Å². The number of Topliss-reactive ketones (excluding diaryl/α,β-unsaturated/α-hetero) is 2. The van der Waals surface area contributed by atoms with Crippen molar-refractivity contribution in [1.82, 2.24) is 0 Å². The van der Waals surface area contributed by atoms with E-state index in [1.165, 1.54) is 24.3 Å². The summed E-state index contributed by atoms with van der Waals surface area (Å²) in [6.07, 6.45) is 4.58. The molecule has 35 heavy (non-hydrogen) atoms. The summed E-state index contributed by atoms with van der Waals surface area (Å²) in [6.45, 7) is 0. The largest absolute Gasteiger partial charge is 0.743 e. The van der Waals surface area contributed by atoms with E-state index in [4.69, 9.17) is 4.74 Å². The first-order valence-electron chi connectivity index (χ1n) is 11.7. The van der Waals surface area contributed by atoms with Crippen molar-refractivity contribution in [2.75, 3.05) is 17.3 Å². The van der Waals surface area contributed by atoms with Gasteiger partial charge in [0, 0.05) is 17.4 Å². The van der Waals surface area contributed by atoms with E-state index in [2.05, 4.69) is 0 Å². The van der Waals surface area contributed by atoms with Gasteiger partial charge in [-0.15, -0.1) is 0 Å². The quantitative estimate of drug-likeness (QED) is 0.240. The number of ether oxygens (including phenoxy) is 1. The second-order valence-electron chi connectivity index (χ2n) is 9.95. The molecule has 5 aliphatic rings. The topological polar surface area (TPSA) is 118 Å². The Bertz CT molecular complexity index is 1070. The van der Waals surface area contributed by atoms with Crippen LogP contribution < -0.4 is 0 Å². The minimum Gasteiger partial charge on any atom is -0.743 e. The van der Waals surface area contributed by atoms with Gasteiger partial charge in [-0.1, -0.05) is 30.3 Å². The third-order valence-corrected chi connectivity index (χ3v) is 10.5. The summed E-state index contributed by atoms with van der Waals surface area (Å²) in [5.74, 6) is 0.887. The van der Waals surface area contributed by atoms with Crippen LogP contribution in [0, 0.1) is 17.8 Å². The van der Waals surface area contributed by atoms with E-state index in [0.717, 1.165) is 11.3 Å². The molecular weight excluding hydrogens is 502 g/mol. The number of alkyl halides is 2. The second-order valence-corrected chi connectivity index (χ2v) is 13.7. The molecule has 4 saturated carbocycles. The van der Waals surface area contributed by atoms with Crippen LogP contribution in [-0.2, 0) is 35.3 Å². The molecule has 0 N–H and O–H groups in total. The Morgan fingerprint density at radius 3 is 2.17 bits per heavy atom. The first kappa shape index (κ1) is 26.2. The molecule has 1 aliphatic heterocycles. The molecular formula is C24H28F2O7S2. The highest BCUT2D eigenvalue weighted by Crippen LogP contribution is 2.56. The lowest BCUT2D eigenvalue weighted by atomic mass is 9.53. The fourth-order valence-corrected chi connectivity index (χ4v) is 8.41. The molecule has 1 aromatic rings. The molecule has 0 spiro atoms. The lowest BCUT2D eigenvalue weighted by molar-refractivity contribution is -0.201. The lowest BCUT2D eigenvalue weighted by Crippen LogP contribution is -2.58. The molecule has 192 valence electrons. The first-order chi connectivity index (χ1) is 16.4. The van der Waals surface area contributed by atoms with E-state index in [-0.39, 0.29) is 36.4 Å². The second kappa shape index (κ2) is 9.89. The summed E-state index contributed by atoms with van der Waals surface area (Å²) in [5, 5.41) is -5.10. The molecule has 2 atom stereocenters. The minimum absolute atomic E-state index is 0.0702. The Morgan fingerprint density at radius 1 is 1.06 bits per heavy atom. The predicted octanol–water partition coefficient (Wildman–Crippen LogP) is 3.10. The third kappa shape index (κ3) is 5.61. The first-order valence-corrected chi connectivity index (χ1v) is 14.9. The van der Waals surface area contributed by atoms with Gasteiger partial charge in [-0.05, 0) is 61.8 Å². The van der Waals surface area contributed by atoms with Gasteiger partial charge in [0.05, 0.1) is 0 Å². The Morgan fingerprint density at radius 2 is 1.63 bits per heavy atom. The van der Waals surface area contributed by atoms with Crippen molar-refractivity contribution < 1.29 is 40.9 Å². The van der Waals surface area contributed by atoms with Gasteiger partial charge in [-0.2, -0.15) is 8.78 Å². The Hall–Kier alpha value is -1.85.